The summed E-state index contributed by atoms with van der Waals surface area (Å²) in [7, 11) is 1.50. The lowest BCUT2D eigenvalue weighted by molar-refractivity contribution is -0.156. The van der Waals surface area contributed by atoms with Gasteiger partial charge in [0.15, 0.2) is 5.78 Å². The number of thiophene rings is 1. The number of likely N-dealkylation sites (tertiary alicyclic amines) is 1. The molecule has 1 aromatic heterocycles. The molecule has 4 aromatic rings. The van der Waals surface area contributed by atoms with Crippen molar-refractivity contribution >= 4 is 63.1 Å². The summed E-state index contributed by atoms with van der Waals surface area (Å²) in [5.74, 6) is -3.48. The van der Waals surface area contributed by atoms with E-state index >= 15 is 0 Å². The number of amides is 2. The molecule has 1 aliphatic heterocycles. The van der Waals surface area contributed by atoms with Gasteiger partial charge in [-0.2, -0.15) is 0 Å². The fourth-order valence-corrected chi connectivity index (χ4v) is 11.0. The van der Waals surface area contributed by atoms with Gasteiger partial charge in [0, 0.05) is 25.7 Å². The zero-order valence-electron chi connectivity index (χ0n) is 23.6. The van der Waals surface area contributed by atoms with Crippen LogP contribution in [0.15, 0.2) is 102 Å². The van der Waals surface area contributed by atoms with Gasteiger partial charge in [-0.15, -0.1) is 11.3 Å². The fourth-order valence-electron chi connectivity index (χ4n) is 5.79. The molecule has 1 saturated heterocycles. The van der Waals surface area contributed by atoms with E-state index in [2.05, 4.69) is 5.32 Å². The summed E-state index contributed by atoms with van der Waals surface area (Å²) < 4.78 is 0. The minimum Gasteiger partial charge on any atom is -0.477 e. The van der Waals surface area contributed by atoms with Crippen molar-refractivity contribution in [3.8, 4) is 0 Å². The van der Waals surface area contributed by atoms with Crippen molar-refractivity contribution < 1.29 is 29.4 Å². The Hall–Kier alpha value is -4.30. The van der Waals surface area contributed by atoms with Crippen LogP contribution in [0.2, 0.25) is 0 Å². The first kappa shape index (κ1) is 30.2. The normalized spacial score (nSPS) is 17.1. The Balaban J connectivity index is 1.77. The van der Waals surface area contributed by atoms with Crippen molar-refractivity contribution in [2.75, 3.05) is 7.05 Å². The topological polar surface area (TPSA) is 124 Å². The number of hydrogen-bond donors (Lipinski definition) is 3. The molecule has 0 bridgehead atoms. The number of aliphatic hydroxyl groups excluding tert-OH is 1. The number of Topliss-reactive ketones (excluding diaryl/α,β-unsaturated/α-hetero) is 1. The Morgan fingerprint density at radius 2 is 1.40 bits per heavy atom. The molecule has 3 N–H and O–H groups in total. The summed E-state index contributed by atoms with van der Waals surface area (Å²) in [5, 5.41) is 28.0. The molecule has 43 heavy (non-hydrogen) atoms. The van der Waals surface area contributed by atoms with E-state index in [0.29, 0.717) is 10.4 Å². The van der Waals surface area contributed by atoms with Crippen LogP contribution < -0.4 is 21.2 Å². The molecule has 3 aromatic carbocycles. The predicted molar refractivity (Wildman–Crippen MR) is 170 cm³/mol. The van der Waals surface area contributed by atoms with Gasteiger partial charge in [-0.3, -0.25) is 14.4 Å². The van der Waals surface area contributed by atoms with E-state index < -0.39 is 36.8 Å². The molecule has 2 heterocycles. The van der Waals surface area contributed by atoms with E-state index in [0.717, 1.165) is 27.3 Å². The van der Waals surface area contributed by atoms with Crippen molar-refractivity contribution in [3.05, 3.63) is 113 Å². The van der Waals surface area contributed by atoms with Crippen LogP contribution in [-0.2, 0) is 9.59 Å². The van der Waals surface area contributed by atoms with E-state index in [9.17, 15) is 29.4 Å². The van der Waals surface area contributed by atoms with Gasteiger partial charge in [-0.05, 0) is 28.9 Å². The number of nitrogens with zero attached hydrogens (tertiary/aromatic N) is 1. The molecule has 220 valence electrons. The monoisotopic (exact) mass is 614 g/mol. The van der Waals surface area contributed by atoms with Crippen LogP contribution in [0.5, 0.6) is 0 Å². The van der Waals surface area contributed by atoms with E-state index in [1.165, 1.54) is 24.9 Å². The van der Waals surface area contributed by atoms with Crippen LogP contribution in [0.1, 0.15) is 33.4 Å². The van der Waals surface area contributed by atoms with Crippen LogP contribution in [0, 0.1) is 5.92 Å². The van der Waals surface area contributed by atoms with Crippen LogP contribution in [0.3, 0.4) is 0 Å². The number of carboxylic acid groups (broad SMARTS) is 1. The maximum absolute atomic E-state index is 13.9. The predicted octanol–water partition coefficient (Wildman–Crippen LogP) is 3.10. The van der Waals surface area contributed by atoms with Crippen LogP contribution in [-0.4, -0.2) is 63.3 Å². The SMILES string of the molecule is CNC(=O)c1csc(C(=O)C[C@@H]2[C@@H]([C@@H](C)O)C(=O)N2C(C(=O)O)=P(c2ccccc2)(c2ccccc2)c2ccccc2)c1. The molecular weight excluding hydrogens is 583 g/mol. The van der Waals surface area contributed by atoms with E-state index in [1.807, 2.05) is 91.0 Å². The second-order valence-corrected chi connectivity index (χ2v) is 14.5. The summed E-state index contributed by atoms with van der Waals surface area (Å²) in [6, 6.07) is 28.4. The standard InChI is InChI=1S/C33H31N2O6PS/c1-21(36)29-26(19-27(37)28-18-22(20-43-28)30(38)34-2)35(31(29)39)32(33(40)41)42(23-12-6-3-7-13-23,24-14-8-4-9-15-24)25-16-10-5-11-17-25/h3-18,20-21,26,29,36H,19H2,1-2H3,(H,34,38)(H,40,41)/t21-,26-,29-/m1/s1. The Bertz CT molecular complexity index is 1620. The maximum atomic E-state index is 13.9. The van der Waals surface area contributed by atoms with Crippen molar-refractivity contribution in [3.63, 3.8) is 0 Å². The number of carbonyl (C=O) groups is 4. The number of nitrogens with one attached hydrogen (secondary N) is 1. The first-order chi connectivity index (χ1) is 20.7. The molecule has 0 radical (unpaired) electrons. The van der Waals surface area contributed by atoms with Gasteiger partial charge in [-0.1, -0.05) is 91.0 Å². The zero-order chi connectivity index (χ0) is 30.7. The Labute approximate surface area is 253 Å². The summed E-state index contributed by atoms with van der Waals surface area (Å²) in [5.41, 5.74) is 0.220. The van der Waals surface area contributed by atoms with E-state index in [4.69, 9.17) is 0 Å². The van der Waals surface area contributed by atoms with E-state index in [1.54, 1.807) is 5.38 Å². The lowest BCUT2D eigenvalue weighted by atomic mass is 9.80. The number of hydrogen-bond acceptors (Lipinski definition) is 6. The number of benzene rings is 3. The summed E-state index contributed by atoms with van der Waals surface area (Å²) >= 11 is 1.11. The largest absolute Gasteiger partial charge is 0.477 e. The number of carboxylic acids is 1. The van der Waals surface area contributed by atoms with E-state index in [-0.39, 0.29) is 23.5 Å². The molecule has 1 aliphatic rings. The smallest absolute Gasteiger partial charge is 0.353 e. The third-order valence-electron chi connectivity index (χ3n) is 7.71. The lowest BCUT2D eigenvalue weighted by Gasteiger charge is -2.50. The first-order valence-corrected chi connectivity index (χ1v) is 16.4. The van der Waals surface area contributed by atoms with Crippen molar-refractivity contribution in [2.24, 2.45) is 5.92 Å². The van der Waals surface area contributed by atoms with Crippen molar-refractivity contribution in [2.45, 2.75) is 25.5 Å². The minimum atomic E-state index is -3.22. The van der Waals surface area contributed by atoms with Crippen LogP contribution in [0.25, 0.3) is 0 Å². The highest BCUT2D eigenvalue weighted by molar-refractivity contribution is 7.96. The van der Waals surface area contributed by atoms with Gasteiger partial charge < -0.3 is 20.4 Å². The second-order valence-electron chi connectivity index (χ2n) is 10.3. The fraction of sp³-hybridized carbons (Fsp3) is 0.182. The highest BCUT2D eigenvalue weighted by Gasteiger charge is 2.55. The minimum absolute atomic E-state index is 0.118. The highest BCUT2D eigenvalue weighted by atomic mass is 32.1. The molecule has 0 unspecified atom stereocenters. The van der Waals surface area contributed by atoms with Gasteiger partial charge in [0.05, 0.1) is 28.5 Å². The second kappa shape index (κ2) is 12.5. The average molecular weight is 615 g/mol. The molecule has 5 rings (SSSR count). The van der Waals surface area contributed by atoms with Crippen molar-refractivity contribution in [1.82, 2.24) is 10.2 Å². The summed E-state index contributed by atoms with van der Waals surface area (Å²) in [6.07, 6.45) is -1.33. The maximum Gasteiger partial charge on any atom is 0.353 e. The molecule has 0 saturated carbocycles. The summed E-state index contributed by atoms with van der Waals surface area (Å²) in [6.45, 7) is -1.75. The van der Waals surface area contributed by atoms with Gasteiger partial charge in [-0.25, -0.2) is 4.79 Å². The Morgan fingerprint density at radius 1 is 0.907 bits per heavy atom. The molecular formula is C33H31N2O6PS. The number of carbonyl (C=O) groups excluding carboxylic acids is 3. The van der Waals surface area contributed by atoms with Crippen molar-refractivity contribution in [1.29, 1.82) is 0 Å². The van der Waals surface area contributed by atoms with Crippen LogP contribution >= 0.6 is 18.2 Å². The number of rotatable bonds is 10. The molecule has 1 fully saturated rings. The molecule has 0 spiro atoms. The number of ketones is 1. The van der Waals surface area contributed by atoms with Crippen LogP contribution in [0.4, 0.5) is 0 Å². The first-order valence-electron chi connectivity index (χ1n) is 13.7. The average Bonchev–Trinajstić information content (AvgIpc) is 3.52. The van der Waals surface area contributed by atoms with Gasteiger partial charge >= 0.3 is 5.97 Å². The molecule has 2 amide bonds. The molecule has 3 atom stereocenters. The Kier molecular flexibility index (Phi) is 8.78. The van der Waals surface area contributed by atoms with Gasteiger partial charge in [0.2, 0.25) is 5.91 Å². The summed E-state index contributed by atoms with van der Waals surface area (Å²) in [4.78, 5) is 54.6. The molecule has 10 heteroatoms. The molecule has 0 aliphatic carbocycles. The Morgan fingerprint density at radius 3 is 1.81 bits per heavy atom. The number of β-lactam (4-membered cyclic amide) rings is 1. The number of aliphatic hydroxyl groups is 1. The zero-order valence-corrected chi connectivity index (χ0v) is 25.3. The highest BCUT2D eigenvalue weighted by Crippen LogP contribution is 2.49. The number of aliphatic carboxylic acids is 1. The molecule has 8 nitrogen and oxygen atoms in total. The van der Waals surface area contributed by atoms with Gasteiger partial charge in [0.1, 0.15) is 5.42 Å². The third-order valence-corrected chi connectivity index (χ3v) is 12.9. The quantitative estimate of drug-likeness (QED) is 0.143. The van der Waals surface area contributed by atoms with Gasteiger partial charge in [0.25, 0.3) is 5.91 Å². The third kappa shape index (κ3) is 5.36. The lowest BCUT2D eigenvalue weighted by Crippen LogP contribution is -2.68.